The Balaban J connectivity index is 1.68. The molecule has 4 rings (SSSR count). The minimum absolute atomic E-state index is 0.279. The maximum absolute atomic E-state index is 9.40. The molecule has 0 spiro atoms. The minimum Gasteiger partial charge on any atom is -0.508 e. The summed E-state index contributed by atoms with van der Waals surface area (Å²) >= 11 is 0. The van der Waals surface area contributed by atoms with Crippen molar-refractivity contribution in [2.45, 2.75) is 18.9 Å². The average Bonchev–Trinajstić information content (AvgIpc) is 3.17. The molecule has 0 amide bonds. The van der Waals surface area contributed by atoms with Crippen molar-refractivity contribution in [3.8, 4) is 17.0 Å². The monoisotopic (exact) mass is 285 g/mol. The molecular weight excluding hydrogens is 266 g/mol. The Hall–Kier alpha value is -2.01. The predicted molar refractivity (Wildman–Crippen MR) is 80.4 cm³/mol. The summed E-state index contributed by atoms with van der Waals surface area (Å²) in [5.41, 5.74) is 1.97. The molecule has 2 atom stereocenters. The maximum Gasteiger partial charge on any atom is 0.125 e. The summed E-state index contributed by atoms with van der Waals surface area (Å²) in [5.74, 6) is 1.93. The summed E-state index contributed by atoms with van der Waals surface area (Å²) in [6.45, 7) is 2.70. The molecule has 2 unspecified atom stereocenters. The van der Waals surface area contributed by atoms with Crippen LogP contribution in [0.5, 0.6) is 5.75 Å². The molecular formula is C16H19N3O2. The molecule has 1 saturated heterocycles. The highest BCUT2D eigenvalue weighted by Crippen LogP contribution is 2.36. The van der Waals surface area contributed by atoms with Crippen LogP contribution in [0.1, 0.15) is 18.9 Å². The third-order valence-corrected chi connectivity index (χ3v) is 4.47. The van der Waals surface area contributed by atoms with Gasteiger partial charge in [0.2, 0.25) is 0 Å². The zero-order valence-corrected chi connectivity index (χ0v) is 11.8. The number of nitrogens with one attached hydrogen (secondary N) is 1. The number of phenols is 1. The van der Waals surface area contributed by atoms with Gasteiger partial charge >= 0.3 is 0 Å². The molecule has 2 N–H and O–H groups in total. The van der Waals surface area contributed by atoms with Crippen LogP contribution in [-0.2, 0) is 4.74 Å². The molecule has 1 aromatic heterocycles. The fourth-order valence-corrected chi connectivity index (χ4v) is 3.31. The van der Waals surface area contributed by atoms with Gasteiger partial charge in [-0.2, -0.15) is 5.10 Å². The van der Waals surface area contributed by atoms with Crippen molar-refractivity contribution in [1.82, 2.24) is 9.78 Å². The number of fused-ring (bicyclic) bond motifs is 1. The lowest BCUT2D eigenvalue weighted by atomic mass is 9.95. The van der Waals surface area contributed by atoms with Crippen LogP contribution in [-0.4, -0.2) is 34.6 Å². The highest BCUT2D eigenvalue weighted by Gasteiger charge is 2.31. The van der Waals surface area contributed by atoms with Crippen molar-refractivity contribution in [3.05, 3.63) is 30.3 Å². The standard InChI is InChI=1S/C16H19N3O2/c20-13-3-1-11(2-4-13)14-9-16-17-7-5-15(19(16)18-14)12-6-8-21-10-12/h1-4,9,12,15,17,20H,5-8,10H2. The number of aromatic hydroxyl groups is 1. The lowest BCUT2D eigenvalue weighted by Gasteiger charge is -2.29. The van der Waals surface area contributed by atoms with Gasteiger partial charge < -0.3 is 15.2 Å². The second-order valence-electron chi connectivity index (χ2n) is 5.81. The highest BCUT2D eigenvalue weighted by molar-refractivity contribution is 5.64. The highest BCUT2D eigenvalue weighted by atomic mass is 16.5. The van der Waals surface area contributed by atoms with Gasteiger partial charge in [0.25, 0.3) is 0 Å². The summed E-state index contributed by atoms with van der Waals surface area (Å²) in [7, 11) is 0. The van der Waals surface area contributed by atoms with Gasteiger partial charge in [0.05, 0.1) is 18.3 Å². The quantitative estimate of drug-likeness (QED) is 0.890. The van der Waals surface area contributed by atoms with E-state index >= 15 is 0 Å². The number of ether oxygens (including phenoxy) is 1. The SMILES string of the molecule is Oc1ccc(-c2cc3n(n2)C(C2CCOC2)CCN3)cc1. The van der Waals surface area contributed by atoms with Crippen LogP contribution in [0.3, 0.4) is 0 Å². The number of hydrogen-bond acceptors (Lipinski definition) is 4. The van der Waals surface area contributed by atoms with Crippen LogP contribution in [0.2, 0.25) is 0 Å². The van der Waals surface area contributed by atoms with E-state index in [2.05, 4.69) is 16.1 Å². The van der Waals surface area contributed by atoms with Crippen molar-refractivity contribution >= 4 is 5.82 Å². The molecule has 110 valence electrons. The third kappa shape index (κ3) is 2.27. The number of anilines is 1. The van der Waals surface area contributed by atoms with Gasteiger partial charge in [-0.05, 0) is 37.1 Å². The van der Waals surface area contributed by atoms with Gasteiger partial charge in [0.15, 0.2) is 0 Å². The van der Waals surface area contributed by atoms with Gasteiger partial charge in [-0.3, -0.25) is 0 Å². The van der Waals surface area contributed by atoms with Gasteiger partial charge in [0.1, 0.15) is 11.6 Å². The van der Waals surface area contributed by atoms with Crippen molar-refractivity contribution in [2.24, 2.45) is 5.92 Å². The molecule has 0 aliphatic carbocycles. The Morgan fingerprint density at radius 2 is 2.10 bits per heavy atom. The van der Waals surface area contributed by atoms with E-state index in [1.807, 2.05) is 12.1 Å². The van der Waals surface area contributed by atoms with E-state index in [1.165, 1.54) is 0 Å². The van der Waals surface area contributed by atoms with Gasteiger partial charge in [0, 0.05) is 30.7 Å². The smallest absolute Gasteiger partial charge is 0.125 e. The summed E-state index contributed by atoms with van der Waals surface area (Å²) in [5, 5.41) is 17.6. The molecule has 0 saturated carbocycles. The zero-order chi connectivity index (χ0) is 14.2. The van der Waals surface area contributed by atoms with Crippen LogP contribution >= 0.6 is 0 Å². The van der Waals surface area contributed by atoms with E-state index in [0.717, 1.165) is 49.7 Å². The molecule has 1 fully saturated rings. The molecule has 3 heterocycles. The fourth-order valence-electron chi connectivity index (χ4n) is 3.31. The number of phenolic OH excluding ortho intramolecular Hbond substituents is 1. The van der Waals surface area contributed by atoms with E-state index in [1.54, 1.807) is 12.1 Å². The normalized spacial score (nSPS) is 24.6. The van der Waals surface area contributed by atoms with Crippen LogP contribution in [0.4, 0.5) is 5.82 Å². The number of nitrogens with zero attached hydrogens (tertiary/aromatic N) is 2. The molecule has 0 radical (unpaired) electrons. The number of benzene rings is 1. The molecule has 1 aromatic carbocycles. The number of hydrogen-bond donors (Lipinski definition) is 2. The van der Waals surface area contributed by atoms with Crippen molar-refractivity contribution in [1.29, 1.82) is 0 Å². The molecule has 2 aliphatic heterocycles. The number of rotatable bonds is 2. The first-order valence-electron chi connectivity index (χ1n) is 7.52. The van der Waals surface area contributed by atoms with Crippen molar-refractivity contribution in [3.63, 3.8) is 0 Å². The van der Waals surface area contributed by atoms with E-state index in [9.17, 15) is 5.11 Å². The lowest BCUT2D eigenvalue weighted by molar-refractivity contribution is 0.167. The molecule has 2 aromatic rings. The van der Waals surface area contributed by atoms with E-state index in [-0.39, 0.29) is 5.75 Å². The topological polar surface area (TPSA) is 59.3 Å². The van der Waals surface area contributed by atoms with Crippen molar-refractivity contribution < 1.29 is 9.84 Å². The molecule has 0 bridgehead atoms. The van der Waals surface area contributed by atoms with Crippen LogP contribution < -0.4 is 5.32 Å². The first kappa shape index (κ1) is 12.7. The van der Waals surface area contributed by atoms with Crippen LogP contribution in [0.15, 0.2) is 30.3 Å². The number of aromatic nitrogens is 2. The Morgan fingerprint density at radius 1 is 1.24 bits per heavy atom. The zero-order valence-electron chi connectivity index (χ0n) is 11.8. The molecule has 21 heavy (non-hydrogen) atoms. The van der Waals surface area contributed by atoms with E-state index < -0.39 is 0 Å². The van der Waals surface area contributed by atoms with Gasteiger partial charge in [-0.1, -0.05) is 0 Å². The average molecular weight is 285 g/mol. The first-order chi connectivity index (χ1) is 10.3. The van der Waals surface area contributed by atoms with Gasteiger partial charge in [-0.25, -0.2) is 4.68 Å². The Labute approximate surface area is 123 Å². The first-order valence-corrected chi connectivity index (χ1v) is 7.52. The fraction of sp³-hybridized carbons (Fsp3) is 0.438. The van der Waals surface area contributed by atoms with Crippen molar-refractivity contribution in [2.75, 3.05) is 25.1 Å². The Kier molecular flexibility index (Phi) is 3.07. The molecule has 5 heteroatoms. The second kappa shape index (κ2) is 5.07. The van der Waals surface area contributed by atoms with Crippen LogP contribution in [0, 0.1) is 5.92 Å². The Morgan fingerprint density at radius 3 is 2.86 bits per heavy atom. The Bertz CT molecular complexity index is 629. The maximum atomic E-state index is 9.40. The van der Waals surface area contributed by atoms with Crippen LogP contribution in [0.25, 0.3) is 11.3 Å². The second-order valence-corrected chi connectivity index (χ2v) is 5.81. The molecule has 2 aliphatic rings. The lowest BCUT2D eigenvalue weighted by Crippen LogP contribution is -2.29. The predicted octanol–water partition coefficient (Wildman–Crippen LogP) is 2.65. The summed E-state index contributed by atoms with van der Waals surface area (Å²) in [6, 6.07) is 9.71. The van der Waals surface area contributed by atoms with E-state index in [0.29, 0.717) is 12.0 Å². The molecule has 5 nitrogen and oxygen atoms in total. The third-order valence-electron chi connectivity index (χ3n) is 4.47. The summed E-state index contributed by atoms with van der Waals surface area (Å²) in [4.78, 5) is 0. The van der Waals surface area contributed by atoms with Gasteiger partial charge in [-0.15, -0.1) is 0 Å². The minimum atomic E-state index is 0.279. The van der Waals surface area contributed by atoms with E-state index in [4.69, 9.17) is 9.84 Å². The summed E-state index contributed by atoms with van der Waals surface area (Å²) in [6.07, 6.45) is 2.22. The largest absolute Gasteiger partial charge is 0.508 e. The summed E-state index contributed by atoms with van der Waals surface area (Å²) < 4.78 is 7.67.